The van der Waals surface area contributed by atoms with Gasteiger partial charge in [-0.1, -0.05) is 25.1 Å². The lowest BCUT2D eigenvalue weighted by Crippen LogP contribution is -2.50. The minimum absolute atomic E-state index is 0. The molecule has 1 aromatic carbocycles. The van der Waals surface area contributed by atoms with E-state index in [9.17, 15) is 0 Å². The van der Waals surface area contributed by atoms with Gasteiger partial charge < -0.3 is 20.3 Å². The quantitative estimate of drug-likeness (QED) is 0.256. The van der Waals surface area contributed by atoms with Crippen molar-refractivity contribution in [3.8, 4) is 5.75 Å². The van der Waals surface area contributed by atoms with Crippen LogP contribution >= 0.6 is 24.0 Å². The van der Waals surface area contributed by atoms with Crippen molar-refractivity contribution in [2.75, 3.05) is 72.6 Å². The fourth-order valence-corrected chi connectivity index (χ4v) is 4.83. The van der Waals surface area contributed by atoms with Crippen molar-refractivity contribution in [2.24, 2.45) is 4.99 Å². The maximum atomic E-state index is 5.69. The Morgan fingerprint density at radius 2 is 1.70 bits per heavy atom. The molecule has 2 fully saturated rings. The zero-order valence-electron chi connectivity index (χ0n) is 21.1. The van der Waals surface area contributed by atoms with Crippen LogP contribution in [-0.2, 0) is 0 Å². The fraction of sp³-hybridized carbons (Fsp3) is 0.720. The van der Waals surface area contributed by atoms with Crippen LogP contribution in [0.5, 0.6) is 5.75 Å². The normalized spacial score (nSPS) is 20.2. The van der Waals surface area contributed by atoms with Crippen LogP contribution in [0.15, 0.2) is 29.3 Å². The monoisotopic (exact) mass is 572 g/mol. The summed E-state index contributed by atoms with van der Waals surface area (Å²) in [4.78, 5) is 12.6. The van der Waals surface area contributed by atoms with Crippen LogP contribution < -0.4 is 15.4 Å². The van der Waals surface area contributed by atoms with Gasteiger partial charge in [0.2, 0.25) is 0 Å². The molecule has 0 aromatic heterocycles. The fourth-order valence-electron chi connectivity index (χ4n) is 4.83. The van der Waals surface area contributed by atoms with Crippen LogP contribution in [0.1, 0.15) is 45.2 Å². The van der Waals surface area contributed by atoms with Crippen LogP contribution in [-0.4, -0.2) is 99.3 Å². The van der Waals surface area contributed by atoms with Gasteiger partial charge >= 0.3 is 0 Å². The molecule has 0 radical (unpaired) electrons. The second-order valence-corrected chi connectivity index (χ2v) is 8.92. The van der Waals surface area contributed by atoms with E-state index < -0.39 is 0 Å². The number of aliphatic imine (C=N–C) groups is 1. The van der Waals surface area contributed by atoms with Gasteiger partial charge in [-0.05, 0) is 52.4 Å². The number of para-hydroxylation sites is 1. The molecule has 0 aliphatic carbocycles. The van der Waals surface area contributed by atoms with E-state index in [4.69, 9.17) is 9.73 Å². The first-order valence-electron chi connectivity index (χ1n) is 12.5. The highest BCUT2D eigenvalue weighted by Gasteiger charge is 2.26. The van der Waals surface area contributed by atoms with Gasteiger partial charge in [0.05, 0.1) is 19.7 Å². The number of guanidine groups is 1. The van der Waals surface area contributed by atoms with Crippen LogP contribution in [0.25, 0.3) is 0 Å². The molecular formula is C25H45IN6O. The predicted molar refractivity (Wildman–Crippen MR) is 149 cm³/mol. The van der Waals surface area contributed by atoms with Crippen molar-refractivity contribution >= 4 is 29.9 Å². The maximum absolute atomic E-state index is 5.69. The molecule has 2 heterocycles. The van der Waals surface area contributed by atoms with Gasteiger partial charge in [0, 0.05) is 50.9 Å². The third-order valence-corrected chi connectivity index (χ3v) is 6.88. The lowest BCUT2D eigenvalue weighted by molar-refractivity contribution is 0.109. The van der Waals surface area contributed by atoms with Crippen LogP contribution in [0.3, 0.4) is 0 Å². The number of nitrogens with one attached hydrogen (secondary N) is 2. The Balaban J connectivity index is 0.00000385. The molecule has 2 N–H and O–H groups in total. The largest absolute Gasteiger partial charge is 0.496 e. The van der Waals surface area contributed by atoms with Crippen LogP contribution in [0.4, 0.5) is 0 Å². The van der Waals surface area contributed by atoms with Gasteiger partial charge in [-0.15, -0.1) is 24.0 Å². The summed E-state index contributed by atoms with van der Waals surface area (Å²) in [5.41, 5.74) is 1.25. The molecule has 7 nitrogen and oxygen atoms in total. The Morgan fingerprint density at radius 3 is 2.33 bits per heavy atom. The maximum Gasteiger partial charge on any atom is 0.191 e. The van der Waals surface area contributed by atoms with Crippen molar-refractivity contribution in [2.45, 2.75) is 45.7 Å². The van der Waals surface area contributed by atoms with E-state index in [1.54, 1.807) is 7.11 Å². The first kappa shape index (κ1) is 28.1. The third-order valence-electron chi connectivity index (χ3n) is 6.88. The Bertz CT molecular complexity index is 704. The molecule has 0 bridgehead atoms. The van der Waals surface area contributed by atoms with Crippen LogP contribution in [0.2, 0.25) is 0 Å². The second-order valence-electron chi connectivity index (χ2n) is 8.92. The second kappa shape index (κ2) is 15.0. The van der Waals surface area contributed by atoms with E-state index in [1.165, 1.54) is 31.5 Å². The molecule has 2 saturated heterocycles. The number of likely N-dealkylation sites (N-methyl/N-ethyl adjacent to an activating group) is 1. The lowest BCUT2D eigenvalue weighted by Gasteiger charge is -2.37. The van der Waals surface area contributed by atoms with Gasteiger partial charge in [-0.2, -0.15) is 0 Å². The van der Waals surface area contributed by atoms with Gasteiger partial charge in [0.1, 0.15) is 5.75 Å². The van der Waals surface area contributed by atoms with Gasteiger partial charge in [0.15, 0.2) is 5.96 Å². The zero-order chi connectivity index (χ0) is 22.8. The van der Waals surface area contributed by atoms with Crippen LogP contribution in [0, 0.1) is 0 Å². The van der Waals surface area contributed by atoms with Crippen molar-refractivity contribution < 1.29 is 4.74 Å². The van der Waals surface area contributed by atoms with E-state index in [1.807, 2.05) is 6.07 Å². The van der Waals surface area contributed by atoms with E-state index in [0.717, 1.165) is 64.1 Å². The molecule has 2 aliphatic rings. The number of nitrogens with zero attached hydrogens (tertiary/aromatic N) is 4. The number of methoxy groups -OCH3 is 1. The summed E-state index contributed by atoms with van der Waals surface area (Å²) < 4.78 is 5.69. The summed E-state index contributed by atoms with van der Waals surface area (Å²) in [5, 5.41) is 7.08. The van der Waals surface area contributed by atoms with Crippen molar-refractivity contribution in [1.82, 2.24) is 25.3 Å². The highest BCUT2D eigenvalue weighted by molar-refractivity contribution is 14.0. The van der Waals surface area contributed by atoms with Crippen molar-refractivity contribution in [1.29, 1.82) is 0 Å². The molecular weight excluding hydrogens is 527 g/mol. The Labute approximate surface area is 218 Å². The molecule has 33 heavy (non-hydrogen) atoms. The van der Waals surface area contributed by atoms with E-state index >= 15 is 0 Å². The molecule has 188 valence electrons. The molecule has 3 rings (SSSR count). The number of benzene rings is 1. The Kier molecular flexibility index (Phi) is 12.8. The van der Waals surface area contributed by atoms with Gasteiger partial charge in [-0.25, -0.2) is 0 Å². The van der Waals surface area contributed by atoms with Crippen molar-refractivity contribution in [3.63, 3.8) is 0 Å². The summed E-state index contributed by atoms with van der Waals surface area (Å²) in [5.74, 6) is 1.87. The highest BCUT2D eigenvalue weighted by atomic mass is 127. The Hall–Kier alpha value is -1.10. The zero-order valence-corrected chi connectivity index (χ0v) is 23.4. The average Bonchev–Trinajstić information content (AvgIpc) is 3.37. The molecule has 1 aromatic rings. The minimum Gasteiger partial charge on any atom is -0.496 e. The summed E-state index contributed by atoms with van der Waals surface area (Å²) in [6, 6.07) is 9.15. The number of ether oxygens (including phenoxy) is 1. The highest BCUT2D eigenvalue weighted by Crippen LogP contribution is 2.31. The molecule has 0 spiro atoms. The molecule has 0 amide bonds. The summed E-state index contributed by atoms with van der Waals surface area (Å²) in [7, 11) is 1.76. The topological polar surface area (TPSA) is 55.4 Å². The summed E-state index contributed by atoms with van der Waals surface area (Å²) >= 11 is 0. The van der Waals surface area contributed by atoms with E-state index in [2.05, 4.69) is 64.3 Å². The van der Waals surface area contributed by atoms with E-state index in [-0.39, 0.29) is 30.0 Å². The summed E-state index contributed by atoms with van der Waals surface area (Å²) in [6.45, 7) is 17.2. The smallest absolute Gasteiger partial charge is 0.191 e. The van der Waals surface area contributed by atoms with Gasteiger partial charge in [-0.3, -0.25) is 14.8 Å². The lowest BCUT2D eigenvalue weighted by atomic mass is 10.0. The first-order chi connectivity index (χ1) is 15.7. The summed E-state index contributed by atoms with van der Waals surface area (Å²) in [6.07, 6.45) is 2.53. The molecule has 0 saturated carbocycles. The Morgan fingerprint density at radius 1 is 1.00 bits per heavy atom. The number of likely N-dealkylation sites (tertiary alicyclic amines) is 1. The molecule has 2 atom stereocenters. The number of halogens is 1. The number of hydrogen-bond acceptors (Lipinski definition) is 5. The predicted octanol–water partition coefficient (Wildman–Crippen LogP) is 3.03. The van der Waals surface area contributed by atoms with Gasteiger partial charge in [0.25, 0.3) is 0 Å². The SMILES string of the molecule is CCNC(=NCC(C)N1CCN(CC)CC1)NCC(c1ccccc1OC)N1CCCC1.I. The standard InChI is InChI=1S/C25H44N6O.HI/c1-5-26-25(27-19-21(3)30-17-15-29(6-2)16-18-30)28-20-23(31-13-9-10-14-31)22-11-7-8-12-24(22)32-4;/h7-8,11-12,21,23H,5-6,9-10,13-20H2,1-4H3,(H2,26,27,28);1H. The number of rotatable bonds is 10. The molecule has 8 heteroatoms. The average molecular weight is 573 g/mol. The third kappa shape index (κ3) is 8.26. The first-order valence-corrected chi connectivity index (χ1v) is 12.5. The molecule has 2 aliphatic heterocycles. The molecule has 2 unspecified atom stereocenters. The number of hydrogen-bond donors (Lipinski definition) is 2. The van der Waals surface area contributed by atoms with Crippen molar-refractivity contribution in [3.05, 3.63) is 29.8 Å². The minimum atomic E-state index is 0. The van der Waals surface area contributed by atoms with E-state index in [0.29, 0.717) is 6.04 Å². The number of piperazine rings is 1.